The summed E-state index contributed by atoms with van der Waals surface area (Å²) in [6, 6.07) is 8.88. The summed E-state index contributed by atoms with van der Waals surface area (Å²) in [5.41, 5.74) is 0.580. The Balaban J connectivity index is 2.00. The van der Waals surface area contributed by atoms with E-state index in [1.54, 1.807) is 36.0 Å². The van der Waals surface area contributed by atoms with Crippen molar-refractivity contribution in [3.8, 4) is 0 Å². The molecule has 0 spiro atoms. The Hall–Kier alpha value is -2.02. The molecule has 0 saturated heterocycles. The summed E-state index contributed by atoms with van der Waals surface area (Å²) < 4.78 is 0. The van der Waals surface area contributed by atoms with Crippen molar-refractivity contribution in [2.75, 3.05) is 24.6 Å². The number of carboxylic acids is 1. The third kappa shape index (κ3) is 10.4. The van der Waals surface area contributed by atoms with Gasteiger partial charge in [0.05, 0.1) is 0 Å². The second kappa shape index (κ2) is 12.4. The monoisotopic (exact) mass is 366 g/mol. The van der Waals surface area contributed by atoms with Crippen molar-refractivity contribution < 1.29 is 19.5 Å². The number of aliphatic carboxylic acids is 1. The molecule has 0 aliphatic carbocycles. The van der Waals surface area contributed by atoms with Gasteiger partial charge in [0.2, 0.25) is 5.91 Å². The Bertz CT molecular complexity index is 551. The lowest BCUT2D eigenvalue weighted by atomic mass is 10.1. The quantitative estimate of drug-likeness (QED) is 0.493. The summed E-state index contributed by atoms with van der Waals surface area (Å²) >= 11 is 1.70. The molecule has 0 aliphatic rings. The van der Waals surface area contributed by atoms with Crippen LogP contribution in [-0.2, 0) is 9.59 Å². The van der Waals surface area contributed by atoms with Crippen LogP contribution in [0.5, 0.6) is 0 Å². The number of amides is 2. The number of hydrogen-bond donors (Lipinski definition) is 3. The minimum atomic E-state index is -0.760. The normalized spacial score (nSPS) is 11.6. The fourth-order valence-corrected chi connectivity index (χ4v) is 3.14. The molecule has 7 heteroatoms. The molecule has 25 heavy (non-hydrogen) atoms. The molecule has 0 saturated carbocycles. The first-order chi connectivity index (χ1) is 12.0. The zero-order valence-corrected chi connectivity index (χ0v) is 15.3. The second-order valence-electron chi connectivity index (χ2n) is 5.83. The highest BCUT2D eigenvalue weighted by molar-refractivity contribution is 7.99. The Morgan fingerprint density at radius 2 is 1.80 bits per heavy atom. The molecule has 6 nitrogen and oxygen atoms in total. The van der Waals surface area contributed by atoms with Gasteiger partial charge in [0.15, 0.2) is 0 Å². The van der Waals surface area contributed by atoms with Gasteiger partial charge in [-0.15, -0.1) is 0 Å². The molecule has 0 heterocycles. The average Bonchev–Trinajstić information content (AvgIpc) is 2.58. The number of carbonyl (C=O) groups excluding carboxylic acids is 2. The second-order valence-corrected chi connectivity index (χ2v) is 7.05. The summed E-state index contributed by atoms with van der Waals surface area (Å²) in [6.07, 6.45) is 1.31. The zero-order valence-electron chi connectivity index (χ0n) is 14.5. The first-order valence-electron chi connectivity index (χ1n) is 8.38. The summed E-state index contributed by atoms with van der Waals surface area (Å²) in [5, 5.41) is 14.2. The van der Waals surface area contributed by atoms with Gasteiger partial charge in [-0.05, 0) is 30.2 Å². The van der Waals surface area contributed by atoms with Crippen molar-refractivity contribution in [1.82, 2.24) is 10.6 Å². The van der Waals surface area contributed by atoms with E-state index in [1.807, 2.05) is 13.0 Å². The third-order valence-corrected chi connectivity index (χ3v) is 4.54. The first-order valence-corrected chi connectivity index (χ1v) is 9.54. The predicted octanol–water partition coefficient (Wildman–Crippen LogP) is 2.16. The van der Waals surface area contributed by atoms with Crippen LogP contribution in [0.15, 0.2) is 30.3 Å². The number of rotatable bonds is 12. The number of carbonyl (C=O) groups is 3. The average molecular weight is 366 g/mol. The molecule has 1 unspecified atom stereocenters. The highest BCUT2D eigenvalue weighted by atomic mass is 32.2. The largest absolute Gasteiger partial charge is 0.481 e. The number of hydrogen-bond acceptors (Lipinski definition) is 4. The Morgan fingerprint density at radius 3 is 2.48 bits per heavy atom. The van der Waals surface area contributed by atoms with Crippen LogP contribution in [0, 0.1) is 5.92 Å². The van der Waals surface area contributed by atoms with Crippen LogP contribution in [-0.4, -0.2) is 47.5 Å². The summed E-state index contributed by atoms with van der Waals surface area (Å²) in [5.74, 6) is 0.823. The van der Waals surface area contributed by atoms with Crippen LogP contribution >= 0.6 is 11.8 Å². The van der Waals surface area contributed by atoms with E-state index in [2.05, 4.69) is 10.6 Å². The molecule has 0 aromatic heterocycles. The van der Waals surface area contributed by atoms with E-state index in [1.165, 1.54) is 0 Å². The van der Waals surface area contributed by atoms with Crippen molar-refractivity contribution in [3.05, 3.63) is 35.9 Å². The van der Waals surface area contributed by atoms with Gasteiger partial charge in [0.1, 0.15) is 0 Å². The lowest BCUT2D eigenvalue weighted by Crippen LogP contribution is -2.31. The number of carboxylic acid groups (broad SMARTS) is 1. The van der Waals surface area contributed by atoms with Gasteiger partial charge in [-0.25, -0.2) is 0 Å². The van der Waals surface area contributed by atoms with Crippen LogP contribution in [0.1, 0.15) is 36.5 Å². The highest BCUT2D eigenvalue weighted by Gasteiger charge is 2.08. The highest BCUT2D eigenvalue weighted by Crippen LogP contribution is 2.12. The molecule has 1 aromatic rings. The lowest BCUT2D eigenvalue weighted by molar-refractivity contribution is -0.138. The van der Waals surface area contributed by atoms with Crippen molar-refractivity contribution >= 4 is 29.5 Å². The van der Waals surface area contributed by atoms with E-state index in [-0.39, 0.29) is 30.6 Å². The molecule has 1 aromatic carbocycles. The number of nitrogens with one attached hydrogen (secondary N) is 2. The smallest absolute Gasteiger partial charge is 0.303 e. The maximum atomic E-state index is 11.8. The van der Waals surface area contributed by atoms with Crippen molar-refractivity contribution in [2.24, 2.45) is 5.92 Å². The standard InChI is InChI=1S/C18H26N2O4S/c1-14(13-17(22)23)8-11-25-12-10-19-16(21)7-9-20-18(24)15-5-3-2-4-6-15/h2-6,14H,7-13H2,1H3,(H,19,21)(H,20,24)(H,22,23). The molecule has 1 atom stereocenters. The van der Waals surface area contributed by atoms with Crippen molar-refractivity contribution in [3.63, 3.8) is 0 Å². The van der Waals surface area contributed by atoms with Crippen LogP contribution in [0.2, 0.25) is 0 Å². The maximum Gasteiger partial charge on any atom is 0.303 e. The molecule has 0 bridgehead atoms. The van der Waals surface area contributed by atoms with Gasteiger partial charge >= 0.3 is 5.97 Å². The first kappa shape index (κ1) is 21.0. The number of benzene rings is 1. The molecule has 0 radical (unpaired) electrons. The molecule has 0 aliphatic heterocycles. The molecular weight excluding hydrogens is 340 g/mol. The zero-order chi connectivity index (χ0) is 18.5. The number of thioether (sulfide) groups is 1. The molecule has 2 amide bonds. The predicted molar refractivity (Wildman–Crippen MR) is 99.8 cm³/mol. The summed E-state index contributed by atoms with van der Waals surface area (Å²) in [4.78, 5) is 34.0. The molecule has 138 valence electrons. The fourth-order valence-electron chi connectivity index (χ4n) is 2.12. The topological polar surface area (TPSA) is 95.5 Å². The van der Waals surface area contributed by atoms with E-state index < -0.39 is 5.97 Å². The van der Waals surface area contributed by atoms with Gasteiger partial charge in [-0.2, -0.15) is 11.8 Å². The Kier molecular flexibility index (Phi) is 10.4. The Labute approximate surface area is 152 Å². The van der Waals surface area contributed by atoms with Crippen LogP contribution in [0.25, 0.3) is 0 Å². The van der Waals surface area contributed by atoms with Gasteiger partial charge in [-0.3, -0.25) is 14.4 Å². The molecule has 0 fully saturated rings. The van der Waals surface area contributed by atoms with Crippen LogP contribution in [0.3, 0.4) is 0 Å². The SMILES string of the molecule is CC(CCSCCNC(=O)CCNC(=O)c1ccccc1)CC(=O)O. The maximum absolute atomic E-state index is 11.8. The van der Waals surface area contributed by atoms with Gasteiger partial charge in [-0.1, -0.05) is 25.1 Å². The minimum absolute atomic E-state index is 0.0896. The van der Waals surface area contributed by atoms with E-state index in [9.17, 15) is 14.4 Å². The Morgan fingerprint density at radius 1 is 1.08 bits per heavy atom. The summed E-state index contributed by atoms with van der Waals surface area (Å²) in [7, 11) is 0. The van der Waals surface area contributed by atoms with E-state index >= 15 is 0 Å². The van der Waals surface area contributed by atoms with Gasteiger partial charge in [0, 0.05) is 37.2 Å². The fraction of sp³-hybridized carbons (Fsp3) is 0.500. The van der Waals surface area contributed by atoms with Gasteiger partial charge in [0.25, 0.3) is 5.91 Å². The van der Waals surface area contributed by atoms with E-state index in [4.69, 9.17) is 5.11 Å². The van der Waals surface area contributed by atoms with E-state index in [0.29, 0.717) is 18.7 Å². The van der Waals surface area contributed by atoms with Gasteiger partial charge < -0.3 is 15.7 Å². The lowest BCUT2D eigenvalue weighted by Gasteiger charge is -2.09. The third-order valence-electron chi connectivity index (χ3n) is 3.52. The van der Waals surface area contributed by atoms with Crippen LogP contribution < -0.4 is 10.6 Å². The molecular formula is C18H26N2O4S. The summed E-state index contributed by atoms with van der Waals surface area (Å²) in [6.45, 7) is 2.81. The van der Waals surface area contributed by atoms with Crippen molar-refractivity contribution in [2.45, 2.75) is 26.2 Å². The van der Waals surface area contributed by atoms with Crippen molar-refractivity contribution in [1.29, 1.82) is 0 Å². The van der Waals surface area contributed by atoms with Crippen LogP contribution in [0.4, 0.5) is 0 Å². The minimum Gasteiger partial charge on any atom is -0.481 e. The molecule has 1 rings (SSSR count). The van der Waals surface area contributed by atoms with E-state index in [0.717, 1.165) is 17.9 Å². The molecule has 3 N–H and O–H groups in total.